The van der Waals surface area contributed by atoms with Crippen LogP contribution in [0, 0.1) is 6.92 Å². The quantitative estimate of drug-likeness (QED) is 0.848. The number of carboxylic acids is 1. The van der Waals surface area contributed by atoms with Crippen LogP contribution in [0.15, 0.2) is 23.8 Å². The minimum atomic E-state index is -5.18. The summed E-state index contributed by atoms with van der Waals surface area (Å²) >= 11 is 0. The predicted octanol–water partition coefficient (Wildman–Crippen LogP) is 2.36. The van der Waals surface area contributed by atoms with Crippen molar-refractivity contribution in [1.82, 2.24) is 0 Å². The van der Waals surface area contributed by atoms with Crippen LogP contribution in [0.25, 0.3) is 6.08 Å². The van der Waals surface area contributed by atoms with Crippen LogP contribution in [-0.4, -0.2) is 29.1 Å². The number of aldehydes is 1. The summed E-state index contributed by atoms with van der Waals surface area (Å²) in [6, 6.07) is 4.25. The lowest BCUT2D eigenvalue weighted by Crippen LogP contribution is -2.56. The normalized spacial score (nSPS) is 21.5. The van der Waals surface area contributed by atoms with Crippen LogP contribution in [0.5, 0.6) is 5.75 Å². The minimum absolute atomic E-state index is 0.184. The summed E-state index contributed by atoms with van der Waals surface area (Å²) in [5.74, 6) is -2.05. The lowest BCUT2D eigenvalue weighted by Gasteiger charge is -2.35. The predicted molar refractivity (Wildman–Crippen MR) is 62.3 cm³/mol. The molecular weight excluding hydrogens is 277 g/mol. The van der Waals surface area contributed by atoms with Crippen LogP contribution >= 0.6 is 0 Å². The van der Waals surface area contributed by atoms with Crippen molar-refractivity contribution in [3.63, 3.8) is 0 Å². The first-order valence-corrected chi connectivity index (χ1v) is 5.49. The van der Waals surface area contributed by atoms with Gasteiger partial charge in [0.2, 0.25) is 0 Å². The number of halogens is 3. The van der Waals surface area contributed by atoms with Crippen molar-refractivity contribution in [2.75, 3.05) is 0 Å². The third-order valence-corrected chi connectivity index (χ3v) is 2.95. The van der Waals surface area contributed by atoms with E-state index in [1.54, 1.807) is 6.92 Å². The first kappa shape index (κ1) is 14.1. The Hall–Kier alpha value is -2.31. The van der Waals surface area contributed by atoms with Gasteiger partial charge >= 0.3 is 12.1 Å². The van der Waals surface area contributed by atoms with Gasteiger partial charge in [0.25, 0.3) is 5.60 Å². The maximum Gasteiger partial charge on any atom is 0.440 e. The number of carboxylic acid groups (broad SMARTS) is 1. The molecule has 0 saturated carbocycles. The van der Waals surface area contributed by atoms with Crippen LogP contribution in [0.1, 0.15) is 11.1 Å². The number of hydrogen-bond acceptors (Lipinski definition) is 3. The molecule has 1 aliphatic rings. The maximum absolute atomic E-state index is 13.1. The first-order valence-electron chi connectivity index (χ1n) is 5.49. The molecule has 0 bridgehead atoms. The molecule has 1 unspecified atom stereocenters. The van der Waals surface area contributed by atoms with E-state index in [1.807, 2.05) is 0 Å². The van der Waals surface area contributed by atoms with Gasteiger partial charge in [0.05, 0.1) is 5.57 Å². The minimum Gasteiger partial charge on any atom is -0.478 e. The highest BCUT2D eigenvalue weighted by molar-refractivity contribution is 6.01. The number of benzene rings is 1. The number of fused-ring (bicyclic) bond motifs is 1. The molecule has 106 valence electrons. The Morgan fingerprint density at radius 1 is 1.40 bits per heavy atom. The van der Waals surface area contributed by atoms with Crippen molar-refractivity contribution in [3.8, 4) is 5.75 Å². The zero-order valence-electron chi connectivity index (χ0n) is 10.2. The molecule has 1 aliphatic heterocycles. The fourth-order valence-electron chi connectivity index (χ4n) is 1.95. The van der Waals surface area contributed by atoms with Crippen molar-refractivity contribution in [2.24, 2.45) is 0 Å². The number of carbonyl (C=O) groups excluding carboxylic acids is 1. The van der Waals surface area contributed by atoms with Crippen LogP contribution in [-0.2, 0) is 9.59 Å². The summed E-state index contributed by atoms with van der Waals surface area (Å²) in [5.41, 5.74) is -3.73. The molecule has 0 radical (unpaired) electrons. The molecule has 0 aromatic heterocycles. The third-order valence-electron chi connectivity index (χ3n) is 2.95. The summed E-state index contributed by atoms with van der Waals surface area (Å²) in [7, 11) is 0. The maximum atomic E-state index is 13.1. The fourth-order valence-corrected chi connectivity index (χ4v) is 1.95. The third kappa shape index (κ3) is 1.95. The lowest BCUT2D eigenvalue weighted by molar-refractivity contribution is -0.224. The fraction of sp³-hybridized carbons (Fsp3) is 0.231. The summed E-state index contributed by atoms with van der Waals surface area (Å²) in [6.45, 7) is 1.69. The monoisotopic (exact) mass is 286 g/mol. The number of ether oxygens (including phenoxy) is 1. The van der Waals surface area contributed by atoms with Crippen LogP contribution in [0.4, 0.5) is 13.2 Å². The molecule has 0 aliphatic carbocycles. The Labute approximate surface area is 111 Å². The second kappa shape index (κ2) is 4.36. The van der Waals surface area contributed by atoms with E-state index in [0.29, 0.717) is 0 Å². The van der Waals surface area contributed by atoms with E-state index in [9.17, 15) is 22.8 Å². The molecule has 20 heavy (non-hydrogen) atoms. The molecule has 4 nitrogen and oxygen atoms in total. The Balaban J connectivity index is 2.72. The van der Waals surface area contributed by atoms with Gasteiger partial charge in [-0.15, -0.1) is 0 Å². The van der Waals surface area contributed by atoms with E-state index in [0.717, 1.165) is 11.6 Å². The van der Waals surface area contributed by atoms with Gasteiger partial charge in [-0.3, -0.25) is 4.79 Å². The van der Waals surface area contributed by atoms with E-state index in [-0.39, 0.29) is 11.3 Å². The molecule has 1 heterocycles. The second-order valence-electron chi connectivity index (χ2n) is 4.36. The van der Waals surface area contributed by atoms with Gasteiger partial charge in [0, 0.05) is 5.56 Å². The van der Waals surface area contributed by atoms with Crippen molar-refractivity contribution in [2.45, 2.75) is 18.7 Å². The van der Waals surface area contributed by atoms with Crippen molar-refractivity contribution >= 4 is 18.3 Å². The SMILES string of the molecule is Cc1ccc2c(c1)C=C(C(=O)O)C(C=O)(C(F)(F)F)O2. The van der Waals surface area contributed by atoms with E-state index < -0.39 is 29.6 Å². The summed E-state index contributed by atoms with van der Waals surface area (Å²) in [4.78, 5) is 22.0. The van der Waals surface area contributed by atoms with Gasteiger partial charge < -0.3 is 9.84 Å². The number of aliphatic carboxylic acids is 1. The van der Waals surface area contributed by atoms with Gasteiger partial charge in [-0.05, 0) is 25.1 Å². The van der Waals surface area contributed by atoms with Crippen LogP contribution < -0.4 is 4.74 Å². The first-order chi connectivity index (χ1) is 9.21. The lowest BCUT2D eigenvalue weighted by atomic mass is 9.89. The van der Waals surface area contributed by atoms with Crippen molar-refractivity contribution in [3.05, 3.63) is 34.9 Å². The smallest absolute Gasteiger partial charge is 0.440 e. The number of hydrogen-bond donors (Lipinski definition) is 1. The summed E-state index contributed by atoms with van der Waals surface area (Å²) in [5, 5.41) is 8.96. The highest BCUT2D eigenvalue weighted by Gasteiger charge is 2.63. The molecule has 7 heteroatoms. The number of carbonyl (C=O) groups is 2. The zero-order chi connectivity index (χ0) is 15.1. The number of alkyl halides is 3. The second-order valence-corrected chi connectivity index (χ2v) is 4.36. The van der Waals surface area contributed by atoms with Gasteiger partial charge in [0.15, 0.2) is 6.29 Å². The van der Waals surface area contributed by atoms with E-state index in [4.69, 9.17) is 9.84 Å². The number of aryl methyl sites for hydroxylation is 1. The van der Waals surface area contributed by atoms with Gasteiger partial charge in [0.1, 0.15) is 5.75 Å². The average molecular weight is 286 g/mol. The topological polar surface area (TPSA) is 63.6 Å². The molecule has 0 fully saturated rings. The van der Waals surface area contributed by atoms with Crippen LogP contribution in [0.3, 0.4) is 0 Å². The zero-order valence-corrected chi connectivity index (χ0v) is 10.2. The molecule has 0 spiro atoms. The van der Waals surface area contributed by atoms with E-state index >= 15 is 0 Å². The van der Waals surface area contributed by atoms with E-state index in [1.165, 1.54) is 18.2 Å². The van der Waals surface area contributed by atoms with E-state index in [2.05, 4.69) is 0 Å². The molecule has 1 aromatic carbocycles. The molecule has 0 amide bonds. The summed E-state index contributed by atoms with van der Waals surface area (Å²) in [6.07, 6.45) is -4.90. The van der Waals surface area contributed by atoms with Crippen LogP contribution in [0.2, 0.25) is 0 Å². The Kier molecular flexibility index (Phi) is 3.08. The molecule has 2 rings (SSSR count). The molecule has 1 aromatic rings. The van der Waals surface area contributed by atoms with Gasteiger partial charge in [-0.2, -0.15) is 13.2 Å². The highest BCUT2D eigenvalue weighted by Crippen LogP contribution is 2.44. The largest absolute Gasteiger partial charge is 0.478 e. The molecule has 1 N–H and O–H groups in total. The van der Waals surface area contributed by atoms with Gasteiger partial charge in [-0.25, -0.2) is 4.79 Å². The molecular formula is C13H9F3O4. The number of rotatable bonds is 2. The Morgan fingerprint density at radius 3 is 2.55 bits per heavy atom. The highest BCUT2D eigenvalue weighted by atomic mass is 19.4. The Bertz CT molecular complexity index is 619. The van der Waals surface area contributed by atoms with Crippen molar-refractivity contribution in [1.29, 1.82) is 0 Å². The van der Waals surface area contributed by atoms with Crippen molar-refractivity contribution < 1.29 is 32.6 Å². The summed E-state index contributed by atoms with van der Waals surface area (Å²) < 4.78 is 44.1. The molecule has 0 saturated heterocycles. The van der Waals surface area contributed by atoms with Gasteiger partial charge in [-0.1, -0.05) is 11.6 Å². The molecule has 1 atom stereocenters. The standard InChI is InChI=1S/C13H9F3O4/c1-7-2-3-10-8(4-7)5-9(11(18)19)12(6-17,20-10)13(14,15)16/h2-6H,1H3,(H,18,19). The average Bonchev–Trinajstić information content (AvgIpc) is 2.35. The Morgan fingerprint density at radius 2 is 2.05 bits per heavy atom.